The molecule has 0 spiro atoms. The molecule has 720 valence electrons. The molecule has 58 nitrogen and oxygen atoms in total. The number of halogens is 4. The highest BCUT2D eigenvalue weighted by molar-refractivity contribution is 8.44. The van der Waals surface area contributed by atoms with Crippen molar-refractivity contribution in [1.29, 1.82) is 0 Å². The van der Waals surface area contributed by atoms with Crippen molar-refractivity contribution >= 4 is 198 Å². The zero-order valence-corrected chi connectivity index (χ0v) is 76.4. The van der Waals surface area contributed by atoms with Gasteiger partial charge in [0.15, 0.2) is 94.4 Å². The van der Waals surface area contributed by atoms with Gasteiger partial charge in [0, 0.05) is 24.9 Å². The van der Waals surface area contributed by atoms with Gasteiger partial charge in [-0.25, -0.2) is 65.8 Å². The van der Waals surface area contributed by atoms with Crippen molar-refractivity contribution in [3.8, 4) is 0 Å². The van der Waals surface area contributed by atoms with E-state index in [0.717, 1.165) is 33.6 Å². The minimum Gasteiger partial charge on any atom is -0.397 e. The van der Waals surface area contributed by atoms with Crippen LogP contribution < -0.4 is 55.8 Å². The number of hydrogen-bond donors (Lipinski definition) is 16. The number of nitrogens with one attached hydrogen (secondary N) is 3. The number of aromatic nitrogens is 23. The first-order chi connectivity index (χ1) is 63.5. The van der Waals surface area contributed by atoms with Gasteiger partial charge in [0.1, 0.15) is 95.4 Å². The summed E-state index contributed by atoms with van der Waals surface area (Å²) < 4.78 is 206. The summed E-state index contributed by atoms with van der Waals surface area (Å²) in [7, 11) is -9.90. The number of fused-ring (bicyclic) bond motifs is 15. The lowest BCUT2D eigenvalue weighted by Gasteiger charge is -2.27. The highest BCUT2D eigenvalue weighted by Gasteiger charge is 2.59. The van der Waals surface area contributed by atoms with Crippen molar-refractivity contribution in [2.45, 2.75) is 146 Å². The van der Waals surface area contributed by atoms with Gasteiger partial charge in [-0.15, -0.1) is 21.5 Å². The summed E-state index contributed by atoms with van der Waals surface area (Å²) in [6.07, 6.45) is -22.5. The number of ether oxygens (including phenoxy) is 5. The van der Waals surface area contributed by atoms with Gasteiger partial charge in [0.05, 0.1) is 87.7 Å². The number of anilines is 6. The lowest BCUT2D eigenvalue weighted by Crippen LogP contribution is -2.45. The van der Waals surface area contributed by atoms with Crippen LogP contribution in [0.5, 0.6) is 0 Å². The molecule has 9 aliphatic rings. The molecular weight excluding hydrogens is 2030 g/mol. The van der Waals surface area contributed by atoms with Crippen molar-refractivity contribution in [3.05, 3.63) is 99.5 Å². The number of imidazole rings is 4. The highest BCUT2D eigenvalue weighted by Crippen LogP contribution is 2.62. The number of H-pyrrole nitrogens is 3. The smallest absolute Gasteiger partial charge is 0.397 e. The Hall–Kier alpha value is -8.29. The molecule has 29 atom stereocenters. The monoisotopic (exact) mass is 2090 g/mol. The molecule has 0 aromatic carbocycles. The summed E-state index contributed by atoms with van der Waals surface area (Å²) in [5, 5.41) is 21.3. The van der Waals surface area contributed by atoms with Gasteiger partial charge in [0.2, 0.25) is 30.4 Å². The van der Waals surface area contributed by atoms with Crippen LogP contribution in [0.4, 0.5) is 52.5 Å². The normalized spacial score (nSPS) is 37.3. The highest BCUT2D eigenvalue weighted by atomic mass is 32.7. The van der Waals surface area contributed by atoms with E-state index in [2.05, 4.69) is 92.5 Å². The minimum absolute atomic E-state index is 0.0200. The average Bonchev–Trinajstić information content (AvgIpc) is 1.61. The van der Waals surface area contributed by atoms with Gasteiger partial charge >= 0.3 is 42.6 Å². The Morgan fingerprint density at radius 1 is 0.455 bits per heavy atom. The van der Waals surface area contributed by atoms with Crippen molar-refractivity contribution in [2.24, 2.45) is 0 Å². The number of aliphatic hydroxyl groups is 1. The Bertz CT molecular complexity index is 6830. The number of thioether (sulfide) groups is 1. The van der Waals surface area contributed by atoms with E-state index in [1.165, 1.54) is 72.8 Å². The van der Waals surface area contributed by atoms with Gasteiger partial charge in [0.25, 0.3) is 22.3 Å². The number of alkyl halides is 4. The van der Waals surface area contributed by atoms with Crippen LogP contribution >= 0.6 is 66.6 Å². The number of nitrogen functional groups attached to an aromatic ring is 6. The van der Waals surface area contributed by atoms with E-state index >= 15 is 17.6 Å². The lowest BCUT2D eigenvalue weighted by atomic mass is 10.1. The lowest BCUT2D eigenvalue weighted by molar-refractivity contribution is -0.820. The average molecular weight is 2100 g/mol. The van der Waals surface area contributed by atoms with Crippen LogP contribution in [0.3, 0.4) is 0 Å². The van der Waals surface area contributed by atoms with Gasteiger partial charge in [-0.1, -0.05) is 22.4 Å². The third kappa shape index (κ3) is 18.5. The molecule has 6 bridgehead atoms. The summed E-state index contributed by atoms with van der Waals surface area (Å²) in [6.45, 7) is -21.3. The van der Waals surface area contributed by atoms with Crippen LogP contribution in [0, 0.1) is 0 Å². The van der Waals surface area contributed by atoms with E-state index in [4.69, 9.17) is 148 Å². The second kappa shape index (κ2) is 36.2. The number of rotatable bonds is 6. The van der Waals surface area contributed by atoms with Crippen LogP contribution in [0.25, 0.3) is 61.5 Å². The van der Waals surface area contributed by atoms with E-state index in [1.54, 1.807) is 6.07 Å². The first-order valence-electron chi connectivity index (χ1n) is 38.8. The number of hydrogen-bond acceptors (Lipinski definition) is 47. The number of aromatic amines is 3. The standard InChI is InChI=1S/C21H23F2N9O10P2S.C21H23F2N9O9P2S2.C19H23N11O10P2S2/c22-10-8-3-37-43(34,35)41-14-9(40-19(11(14)23)31-5-27-12-7(24)1-2-26-16(12)31)4-38-44(36,45)42-15(10)20(39-8)32-6-28-13-17(32)29-21(25)30-18(13)33;22-10-8-3-36-42(34,44)40-14-9(39-19(11(14)23)31-5-27-12-7(24)1-2-26-16(12)31)4-37-43(35,45)41-15(10)20(38-8)32-6-28-13-17(32)29-21(25)30-18(13)33;20-7-1-2-23-30-15(7)22-6-28(30)11-3-8-9(38-11)4-37-42(35,43)40-14-13(31)10(5-36-41(33,34)39-8)44-18(14)29-16-12(26-27-29)17(32)25-19(21)24-16/h1-2,5-6,8-11,14-15,19-20H,3-4H2,(H2,24,26)(H,34,35)(H,36,45)(H3,25,29,30,33);1-2,5-6,8-11,14-15,19-20H,3-4H2,(H2,24,26)(H,34,44)(H,35,45)(H3,25,29,30,33);1-2,6,8-11,13-14,18,31H,3-5H2,(H6-,20,21,23,24,25,27,32,33,34,35,43)/p+1/t8-,9-,10-,11+,14-,15-,19-,20-,44?;8-,9-,10-,11+,14-,15-,19-,20-,42?,43?;8-,9+,10+,11+,13+,14+,18+,42?/m110/s1. The molecule has 21 rings (SSSR count). The number of pyridine rings is 2. The van der Waals surface area contributed by atoms with E-state index in [1.807, 2.05) is 0 Å². The Kier molecular flexibility index (Phi) is 25.6. The van der Waals surface area contributed by atoms with Crippen molar-refractivity contribution in [3.63, 3.8) is 0 Å². The molecule has 0 aliphatic carbocycles. The van der Waals surface area contributed by atoms with Crippen LogP contribution in [-0.2, 0) is 127 Å². The fourth-order valence-electron chi connectivity index (χ4n) is 15.7. The Balaban J connectivity index is 0.000000129. The maximum atomic E-state index is 16.0. The molecule has 0 radical (unpaired) electrons. The number of aliphatic hydroxyl groups excluding tert-OH is 1. The first kappa shape index (κ1) is 94.7. The zero-order chi connectivity index (χ0) is 94.6. The molecule has 6 unspecified atom stereocenters. The molecule has 12 aromatic heterocycles. The third-order valence-corrected chi connectivity index (χ3v) is 31.6. The number of thiol groups is 1. The first-order valence-corrected chi connectivity index (χ1v) is 53.2. The SMILES string of the molecule is Nc1nc2c(ncn2[C@@H]2O[C@@H]3COP(=O)(O)O[C@H]4[C@H](F)[C@H](n5cnc6c(N)ccnc65)O[C@@H]4COP(O)(=S)O[C@@H]2[C@@H]3F)c(=O)[nH]1.Nc1nc2c(ncn2[C@@H]2O[C@@H]3COP(=O)(S)O[C@H]4[C@H](F)[C@H](n5cnc6c(N)ccnc65)O[C@@H]4COP(O)(=S)O[C@@H]2[C@@H]3F)c(=O)[nH]1.Nc1nc2c(nnn2[C@@H]2S[C@@H]3COP(=O)(O)O[C@H]4C[C@H]([n+]5cnc6c(N)ccnn65)O[C@@H]4COP(O)(=S)O[C@@H]2[C@@H]3O)c(=O)[nH]1. The van der Waals surface area contributed by atoms with Gasteiger partial charge in [-0.3, -0.25) is 88.3 Å². The maximum Gasteiger partial charge on any atom is 0.472 e. The largest absolute Gasteiger partial charge is 0.472 e. The van der Waals surface area contributed by atoms with E-state index < -0.39 is 239 Å². The van der Waals surface area contributed by atoms with E-state index in [-0.39, 0.29) is 91.5 Å². The number of nitrogens with two attached hydrogens (primary N) is 6. The summed E-state index contributed by atoms with van der Waals surface area (Å²) in [6, 6.07) is 4.58. The third-order valence-electron chi connectivity index (χ3n) is 21.8. The van der Waals surface area contributed by atoms with Crippen LogP contribution in [0.1, 0.15) is 42.9 Å². The molecule has 21 N–H and O–H groups in total. The quantitative estimate of drug-likeness (QED) is 0.0440. The molecule has 0 amide bonds. The molecule has 21 heterocycles. The number of phosphoric ester groups is 2. The van der Waals surface area contributed by atoms with Gasteiger partial charge in [-0.2, -0.15) is 15.0 Å². The predicted molar refractivity (Wildman–Crippen MR) is 458 cm³/mol. The second-order valence-electron chi connectivity index (χ2n) is 30.3. The van der Waals surface area contributed by atoms with Gasteiger partial charge < -0.3 is 101 Å². The van der Waals surface area contributed by atoms with Crippen LogP contribution in [0.15, 0.2) is 82.8 Å². The molecule has 12 aromatic rings. The fraction of sp³-hybridized carbons (Fsp3) is 0.492. The predicted octanol–water partition coefficient (Wildman–Crippen LogP) is -0.288. The van der Waals surface area contributed by atoms with Gasteiger partial charge in [-0.05, 0) is 57.3 Å². The molecule has 9 fully saturated rings. The Labute approximate surface area is 765 Å². The fourth-order valence-corrected chi connectivity index (χ4v) is 25.0. The summed E-state index contributed by atoms with van der Waals surface area (Å²) >= 11 is 20.5. The van der Waals surface area contributed by atoms with Crippen molar-refractivity contribution < 1.29 is 143 Å². The maximum absolute atomic E-state index is 16.0. The van der Waals surface area contributed by atoms with Crippen molar-refractivity contribution in [1.82, 2.24) is 108 Å². The summed E-state index contributed by atoms with van der Waals surface area (Å²) in [4.78, 5) is 139. The number of nitrogens with zero attached hydrogens (tertiary/aromatic N) is 20. The topological polar surface area (TPSA) is 785 Å². The summed E-state index contributed by atoms with van der Waals surface area (Å²) in [5.74, 6) is -0.754. The number of phosphoric acid groups is 2. The minimum atomic E-state index is -5.14. The second-order valence-corrected chi connectivity index (χ2v) is 45.7. The zero-order valence-electron chi connectivity index (χ0n) is 66.8. The molecule has 9 aliphatic heterocycles. The van der Waals surface area contributed by atoms with Crippen molar-refractivity contribution in [2.75, 3.05) is 74.0 Å². The van der Waals surface area contributed by atoms with Crippen LogP contribution in [-0.4, -0.2) is 280 Å². The Morgan fingerprint density at radius 3 is 1.43 bits per heavy atom. The summed E-state index contributed by atoms with van der Waals surface area (Å²) in [5.41, 5.74) is 34.3. The molecule has 73 heteroatoms. The van der Waals surface area contributed by atoms with E-state index in [9.17, 15) is 57.7 Å². The molecule has 0 saturated carbocycles. The van der Waals surface area contributed by atoms with Crippen LogP contribution in [0.2, 0.25) is 0 Å². The molecular formula is C61H70F4N29O29P6S5+. The van der Waals surface area contributed by atoms with E-state index in [0.29, 0.717) is 11.3 Å². The molecule has 134 heavy (non-hydrogen) atoms. The molecule has 9 saturated heterocycles. The Morgan fingerprint density at radius 2 is 0.896 bits per heavy atom.